The van der Waals surface area contributed by atoms with E-state index in [1.165, 1.54) is 16.4 Å². The normalized spacial score (nSPS) is 17.1. The lowest BCUT2D eigenvalue weighted by atomic mass is 10.2. The lowest BCUT2D eigenvalue weighted by molar-refractivity contribution is -0.384. The maximum Gasteiger partial charge on any atom is 0.293 e. The van der Waals surface area contributed by atoms with Crippen LogP contribution in [0.3, 0.4) is 0 Å². The SMILES string of the molecule is Cc1nc(C(C)Nc2ccc(S(=O)(=O)N3CCCCCC3)cc2[N+](=O)[O-])no1. The third kappa shape index (κ3) is 4.30. The second kappa shape index (κ2) is 8.23. The zero-order chi connectivity index (χ0) is 20.3. The van der Waals surface area contributed by atoms with Gasteiger partial charge in [0, 0.05) is 26.1 Å². The number of aryl methyl sites for hydroxylation is 1. The summed E-state index contributed by atoms with van der Waals surface area (Å²) in [6.45, 7) is 4.25. The Morgan fingerprint density at radius 3 is 2.50 bits per heavy atom. The number of hydrogen-bond acceptors (Lipinski definition) is 8. The standard InChI is InChI=1S/C17H23N5O5S/c1-12(17-19-13(2)27-20-17)18-15-8-7-14(11-16(15)22(23)24)28(25,26)21-9-5-3-4-6-10-21/h7-8,11-12,18H,3-6,9-10H2,1-2H3. The number of nitrogens with zero attached hydrogens (tertiary/aromatic N) is 4. The van der Waals surface area contributed by atoms with Crippen molar-refractivity contribution in [2.24, 2.45) is 0 Å². The molecule has 1 atom stereocenters. The van der Waals surface area contributed by atoms with E-state index in [0.29, 0.717) is 24.8 Å². The average molecular weight is 409 g/mol. The third-order valence-corrected chi connectivity index (χ3v) is 6.57. The van der Waals surface area contributed by atoms with Gasteiger partial charge in [-0.3, -0.25) is 10.1 Å². The molecule has 1 aliphatic rings. The van der Waals surface area contributed by atoms with Crippen molar-refractivity contribution in [3.63, 3.8) is 0 Å². The van der Waals surface area contributed by atoms with E-state index in [4.69, 9.17) is 4.52 Å². The van der Waals surface area contributed by atoms with Crippen LogP contribution < -0.4 is 5.32 Å². The molecule has 1 aromatic heterocycles. The minimum absolute atomic E-state index is 0.0743. The molecule has 10 nitrogen and oxygen atoms in total. The summed E-state index contributed by atoms with van der Waals surface area (Å²) in [5.74, 6) is 0.741. The summed E-state index contributed by atoms with van der Waals surface area (Å²) in [6, 6.07) is 3.46. The van der Waals surface area contributed by atoms with E-state index in [-0.39, 0.29) is 16.3 Å². The van der Waals surface area contributed by atoms with Gasteiger partial charge >= 0.3 is 0 Å². The van der Waals surface area contributed by atoms with Gasteiger partial charge in [0.1, 0.15) is 5.69 Å². The van der Waals surface area contributed by atoms with Gasteiger partial charge in [-0.15, -0.1) is 0 Å². The Labute approximate surface area is 163 Å². The Kier molecular flexibility index (Phi) is 5.94. The fourth-order valence-electron chi connectivity index (χ4n) is 3.16. The van der Waals surface area contributed by atoms with Crippen molar-refractivity contribution in [1.82, 2.24) is 14.4 Å². The first-order valence-corrected chi connectivity index (χ1v) is 10.6. The molecule has 0 amide bonds. The minimum atomic E-state index is -3.77. The maximum atomic E-state index is 12.9. The molecule has 0 aliphatic carbocycles. The Morgan fingerprint density at radius 2 is 1.93 bits per heavy atom. The first-order chi connectivity index (χ1) is 13.3. The van der Waals surface area contributed by atoms with Crippen molar-refractivity contribution >= 4 is 21.4 Å². The third-order valence-electron chi connectivity index (χ3n) is 4.67. The quantitative estimate of drug-likeness (QED) is 0.569. The van der Waals surface area contributed by atoms with Crippen molar-refractivity contribution in [2.45, 2.75) is 50.5 Å². The van der Waals surface area contributed by atoms with Crippen LogP contribution in [0.4, 0.5) is 11.4 Å². The summed E-state index contributed by atoms with van der Waals surface area (Å²) in [5.41, 5.74) is -0.127. The predicted molar refractivity (Wildman–Crippen MR) is 101 cm³/mol. The zero-order valence-electron chi connectivity index (χ0n) is 15.8. The van der Waals surface area contributed by atoms with Crippen LogP contribution in [-0.2, 0) is 10.0 Å². The Morgan fingerprint density at radius 1 is 1.25 bits per heavy atom. The zero-order valence-corrected chi connectivity index (χ0v) is 16.6. The van der Waals surface area contributed by atoms with E-state index in [1.807, 2.05) is 0 Å². The number of benzene rings is 1. The number of aromatic nitrogens is 2. The lowest BCUT2D eigenvalue weighted by Gasteiger charge is -2.20. The first kappa shape index (κ1) is 20.2. The van der Waals surface area contributed by atoms with Crippen LogP contribution in [0.1, 0.15) is 50.4 Å². The van der Waals surface area contributed by atoms with Gasteiger partial charge in [0.25, 0.3) is 5.69 Å². The van der Waals surface area contributed by atoms with Gasteiger partial charge in [-0.25, -0.2) is 8.42 Å². The van der Waals surface area contributed by atoms with Gasteiger partial charge in [0.15, 0.2) is 5.82 Å². The molecule has 2 heterocycles. The molecule has 1 fully saturated rings. The minimum Gasteiger partial charge on any atom is -0.370 e. The molecular formula is C17H23N5O5S. The molecule has 1 aliphatic heterocycles. The van der Waals surface area contributed by atoms with Gasteiger partial charge in [-0.05, 0) is 31.9 Å². The molecule has 0 bridgehead atoms. The van der Waals surface area contributed by atoms with Gasteiger partial charge in [-0.2, -0.15) is 9.29 Å². The van der Waals surface area contributed by atoms with E-state index < -0.39 is 21.0 Å². The summed E-state index contributed by atoms with van der Waals surface area (Å²) in [7, 11) is -3.77. The number of hydrogen-bond donors (Lipinski definition) is 1. The number of nitro benzene ring substituents is 1. The highest BCUT2D eigenvalue weighted by atomic mass is 32.2. The number of rotatable bonds is 6. The molecule has 1 aromatic carbocycles. The molecule has 1 unspecified atom stereocenters. The first-order valence-electron chi connectivity index (χ1n) is 9.14. The average Bonchev–Trinajstić information content (AvgIpc) is 2.91. The van der Waals surface area contributed by atoms with E-state index in [2.05, 4.69) is 15.5 Å². The number of sulfonamides is 1. The molecule has 0 radical (unpaired) electrons. The molecular weight excluding hydrogens is 386 g/mol. The van der Waals surface area contributed by atoms with Crippen molar-refractivity contribution in [3.8, 4) is 0 Å². The molecule has 2 aromatic rings. The number of nitrogens with one attached hydrogen (secondary N) is 1. The van der Waals surface area contributed by atoms with Gasteiger partial charge in [-0.1, -0.05) is 18.0 Å². The molecule has 11 heteroatoms. The smallest absolute Gasteiger partial charge is 0.293 e. The molecule has 1 N–H and O–H groups in total. The monoisotopic (exact) mass is 409 g/mol. The van der Waals surface area contributed by atoms with Crippen LogP contribution in [0.15, 0.2) is 27.6 Å². The van der Waals surface area contributed by atoms with Gasteiger partial charge in [0.2, 0.25) is 15.9 Å². The molecule has 0 spiro atoms. The number of anilines is 1. The lowest BCUT2D eigenvalue weighted by Crippen LogP contribution is -2.32. The van der Waals surface area contributed by atoms with Crippen molar-refractivity contribution in [1.29, 1.82) is 0 Å². The molecule has 0 saturated carbocycles. The maximum absolute atomic E-state index is 12.9. The van der Waals surface area contributed by atoms with Crippen LogP contribution in [0.25, 0.3) is 0 Å². The van der Waals surface area contributed by atoms with Crippen LogP contribution in [0, 0.1) is 17.0 Å². The fraction of sp³-hybridized carbons (Fsp3) is 0.529. The van der Waals surface area contributed by atoms with Crippen LogP contribution in [0.5, 0.6) is 0 Å². The summed E-state index contributed by atoms with van der Waals surface area (Å²) in [5, 5.41) is 18.3. The van der Waals surface area contributed by atoms with E-state index >= 15 is 0 Å². The van der Waals surface area contributed by atoms with Crippen LogP contribution >= 0.6 is 0 Å². The Balaban J connectivity index is 1.89. The Bertz CT molecular complexity index is 951. The molecule has 28 heavy (non-hydrogen) atoms. The summed E-state index contributed by atoms with van der Waals surface area (Å²) in [4.78, 5) is 15.0. The van der Waals surface area contributed by atoms with Crippen molar-refractivity contribution in [3.05, 3.63) is 40.0 Å². The van der Waals surface area contributed by atoms with Crippen molar-refractivity contribution in [2.75, 3.05) is 18.4 Å². The van der Waals surface area contributed by atoms with E-state index in [9.17, 15) is 18.5 Å². The highest BCUT2D eigenvalue weighted by Crippen LogP contribution is 2.31. The summed E-state index contributed by atoms with van der Waals surface area (Å²) < 4.78 is 32.2. The molecule has 3 rings (SSSR count). The second-order valence-electron chi connectivity index (χ2n) is 6.79. The summed E-state index contributed by atoms with van der Waals surface area (Å²) >= 11 is 0. The van der Waals surface area contributed by atoms with E-state index in [0.717, 1.165) is 31.7 Å². The second-order valence-corrected chi connectivity index (χ2v) is 8.73. The van der Waals surface area contributed by atoms with Crippen molar-refractivity contribution < 1.29 is 17.9 Å². The predicted octanol–water partition coefficient (Wildman–Crippen LogP) is 3.02. The fourth-order valence-corrected chi connectivity index (χ4v) is 4.70. The summed E-state index contributed by atoms with van der Waals surface area (Å²) in [6.07, 6.45) is 3.57. The van der Waals surface area contributed by atoms with Gasteiger partial charge in [0.05, 0.1) is 15.9 Å². The molecule has 1 saturated heterocycles. The Hall–Kier alpha value is -2.53. The van der Waals surface area contributed by atoms with E-state index in [1.54, 1.807) is 13.8 Å². The van der Waals surface area contributed by atoms with Crippen LogP contribution in [-0.4, -0.2) is 40.9 Å². The highest BCUT2D eigenvalue weighted by molar-refractivity contribution is 7.89. The van der Waals surface area contributed by atoms with Gasteiger partial charge < -0.3 is 9.84 Å². The topological polar surface area (TPSA) is 131 Å². The highest BCUT2D eigenvalue weighted by Gasteiger charge is 2.28. The number of nitro groups is 1. The van der Waals surface area contributed by atoms with Crippen LogP contribution in [0.2, 0.25) is 0 Å². The molecule has 152 valence electrons. The largest absolute Gasteiger partial charge is 0.370 e.